The van der Waals surface area contributed by atoms with Gasteiger partial charge in [-0.25, -0.2) is 4.79 Å². The van der Waals surface area contributed by atoms with Gasteiger partial charge in [-0.15, -0.1) is 49.6 Å². The molecule has 2 aliphatic heterocycles. The summed E-state index contributed by atoms with van der Waals surface area (Å²) < 4.78 is 22.8. The van der Waals surface area contributed by atoms with Gasteiger partial charge in [0, 0.05) is 25.0 Å². The molecule has 3 aliphatic rings. The van der Waals surface area contributed by atoms with Gasteiger partial charge in [0.25, 0.3) is 0 Å². The summed E-state index contributed by atoms with van der Waals surface area (Å²) in [6.07, 6.45) is -11.9. The third-order valence-corrected chi connectivity index (χ3v) is 6.70. The van der Waals surface area contributed by atoms with Crippen LogP contribution in [0.1, 0.15) is 12.8 Å². The first-order valence-electron chi connectivity index (χ1n) is 11.5. The molecule has 0 spiro atoms. The summed E-state index contributed by atoms with van der Waals surface area (Å²) in [4.78, 5) is 11.4. The number of hydrogen-bond acceptors (Lipinski definition) is 14. The van der Waals surface area contributed by atoms with E-state index in [0.29, 0.717) is 0 Å². The molecule has 16 nitrogen and oxygen atoms in total. The molecule has 0 unspecified atom stereocenters. The van der Waals surface area contributed by atoms with Crippen LogP contribution in [0.25, 0.3) is 0 Å². The van der Waals surface area contributed by atoms with E-state index in [1.54, 1.807) is 0 Å². The van der Waals surface area contributed by atoms with Crippen molar-refractivity contribution in [1.82, 2.24) is 5.32 Å². The molecule has 0 aromatic carbocycles. The summed E-state index contributed by atoms with van der Waals surface area (Å²) in [6.45, 7) is -0.617. The normalized spacial score (nSPS) is 43.9. The highest BCUT2D eigenvalue weighted by molar-refractivity contribution is 5.86. The number of amides is 2. The van der Waals surface area contributed by atoms with Gasteiger partial charge < -0.3 is 78.5 Å². The average Bonchev–Trinajstić information content (AvgIpc) is 2.80. The van der Waals surface area contributed by atoms with Gasteiger partial charge in [0.15, 0.2) is 12.6 Å². The van der Waals surface area contributed by atoms with Crippen molar-refractivity contribution in [2.45, 2.75) is 98.4 Å². The van der Waals surface area contributed by atoms with Crippen molar-refractivity contribution in [1.29, 1.82) is 0 Å². The van der Waals surface area contributed by atoms with Crippen molar-refractivity contribution in [2.75, 3.05) is 13.2 Å². The van der Waals surface area contributed by atoms with Gasteiger partial charge in [0.1, 0.15) is 36.6 Å². The Morgan fingerprint density at radius 1 is 0.821 bits per heavy atom. The first-order valence-corrected chi connectivity index (χ1v) is 11.5. The Labute approximate surface area is 250 Å². The Balaban J connectivity index is 0. The van der Waals surface area contributed by atoms with Gasteiger partial charge in [-0.3, -0.25) is 0 Å². The number of primary amides is 1. The van der Waals surface area contributed by atoms with E-state index in [0.717, 1.165) is 0 Å². The highest BCUT2D eigenvalue weighted by Crippen LogP contribution is 2.31. The number of nitrogens with two attached hydrogens (primary N) is 5. The number of aliphatic hydroxyl groups excluding tert-OH is 5. The quantitative estimate of drug-likeness (QED) is 0.123. The number of ether oxygens (including phenoxy) is 4. The number of halogens is 4. The standard InChI is InChI=1S/C19H38N6O10.4ClH/c20-3-9-8(27)2-7(25-19(24)31)17(32-9)34-15-5(21)1-6(22)16(14(15)30)35-18-13(29)11(23)12(28)10(4-26)33-18;;;;/h5-18,26-30H,1-4,20-23H2,(H3,24,25,31);4*1H/t5-,6+,7+,8-,9+,10+,11-,12+,13+,14-,15+,16-,17+,18+;;;;/m0..../s1. The van der Waals surface area contributed by atoms with Crippen LogP contribution in [0.5, 0.6) is 0 Å². The van der Waals surface area contributed by atoms with E-state index in [1.165, 1.54) is 0 Å². The SMILES string of the molecule is Cl.Cl.Cl.Cl.NC[C@H]1O[C@H](O[C@H]2[C@H](O)[C@@H](O[C@H]3O[C@H](CO)[C@@H](O)[C@H](N)[C@H]3O)[C@H](N)C[C@@H]2N)[C@H](NC(N)=O)C[C@@H]1O. The molecule has 2 saturated heterocycles. The topological polar surface area (TPSA) is 297 Å². The molecule has 0 aromatic heterocycles. The summed E-state index contributed by atoms with van der Waals surface area (Å²) in [5, 5.41) is 53.6. The first-order chi connectivity index (χ1) is 16.5. The number of carbonyl (C=O) groups excluding carboxylic acids is 1. The van der Waals surface area contributed by atoms with Crippen molar-refractivity contribution >= 4 is 55.7 Å². The Morgan fingerprint density at radius 3 is 1.82 bits per heavy atom. The minimum Gasteiger partial charge on any atom is -0.394 e. The molecule has 1 aliphatic carbocycles. The van der Waals surface area contributed by atoms with Gasteiger partial charge in [-0.2, -0.15) is 0 Å². The Morgan fingerprint density at radius 2 is 1.33 bits per heavy atom. The average molecular weight is 656 g/mol. The van der Waals surface area contributed by atoms with Crippen LogP contribution < -0.4 is 34.0 Å². The van der Waals surface area contributed by atoms with Crippen LogP contribution in [0.4, 0.5) is 4.79 Å². The maximum absolute atomic E-state index is 11.4. The minimum atomic E-state index is -1.49. The second-order valence-corrected chi connectivity index (χ2v) is 9.24. The van der Waals surface area contributed by atoms with Crippen LogP contribution >= 0.6 is 49.6 Å². The fourth-order valence-electron chi connectivity index (χ4n) is 4.71. The Bertz CT molecular complexity index is 728. The number of rotatable bonds is 7. The molecule has 2 heterocycles. The lowest BCUT2D eigenvalue weighted by Crippen LogP contribution is -2.68. The molecule has 16 N–H and O–H groups in total. The lowest BCUT2D eigenvalue weighted by molar-refractivity contribution is -0.315. The maximum atomic E-state index is 11.4. The summed E-state index contributed by atoms with van der Waals surface area (Å²) in [6, 6.07) is -4.52. The fourth-order valence-corrected chi connectivity index (χ4v) is 4.71. The molecular weight excluding hydrogens is 614 g/mol. The van der Waals surface area contributed by atoms with Crippen molar-refractivity contribution in [3.63, 3.8) is 0 Å². The molecule has 39 heavy (non-hydrogen) atoms. The highest BCUT2D eigenvalue weighted by atomic mass is 35.5. The summed E-state index contributed by atoms with van der Waals surface area (Å²) in [5.74, 6) is 0. The first kappa shape index (κ1) is 41.0. The third-order valence-electron chi connectivity index (χ3n) is 6.70. The van der Waals surface area contributed by atoms with Crippen LogP contribution in [-0.4, -0.2) is 130 Å². The largest absolute Gasteiger partial charge is 0.394 e. The van der Waals surface area contributed by atoms with Crippen LogP contribution in [0.15, 0.2) is 0 Å². The van der Waals surface area contributed by atoms with E-state index in [2.05, 4.69) is 5.32 Å². The Hall–Kier alpha value is -0.0900. The molecule has 0 bridgehead atoms. The molecule has 2 amide bonds. The molecule has 20 heteroatoms. The van der Waals surface area contributed by atoms with Crippen molar-refractivity contribution in [3.8, 4) is 0 Å². The van der Waals surface area contributed by atoms with E-state index in [4.69, 9.17) is 47.6 Å². The van der Waals surface area contributed by atoms with E-state index < -0.39 is 98.2 Å². The summed E-state index contributed by atoms with van der Waals surface area (Å²) in [5.41, 5.74) is 29.0. The molecule has 1 saturated carbocycles. The molecule has 14 atom stereocenters. The number of urea groups is 1. The van der Waals surface area contributed by atoms with Crippen LogP contribution in [0.3, 0.4) is 0 Å². The number of hydrogen-bond donors (Lipinski definition) is 11. The second-order valence-electron chi connectivity index (χ2n) is 9.24. The molecular formula is C19H42Cl4N6O10. The maximum Gasteiger partial charge on any atom is 0.312 e. The molecule has 0 aromatic rings. The number of nitrogens with one attached hydrogen (secondary N) is 1. The number of aliphatic hydroxyl groups is 5. The Kier molecular flexibility index (Phi) is 18.7. The molecule has 3 fully saturated rings. The van der Waals surface area contributed by atoms with E-state index in [1.807, 2.05) is 0 Å². The van der Waals surface area contributed by atoms with Crippen molar-refractivity contribution in [2.24, 2.45) is 28.7 Å². The molecule has 0 radical (unpaired) electrons. The highest BCUT2D eigenvalue weighted by Gasteiger charge is 2.50. The van der Waals surface area contributed by atoms with Gasteiger partial charge in [0.2, 0.25) is 0 Å². The third kappa shape index (κ3) is 9.45. The zero-order valence-corrected chi connectivity index (χ0v) is 24.0. The molecule has 3 rings (SSSR count). The smallest absolute Gasteiger partial charge is 0.312 e. The van der Waals surface area contributed by atoms with E-state index in [-0.39, 0.29) is 69.0 Å². The van der Waals surface area contributed by atoms with Gasteiger partial charge in [-0.1, -0.05) is 0 Å². The lowest BCUT2D eigenvalue weighted by atomic mass is 9.84. The van der Waals surface area contributed by atoms with Gasteiger partial charge in [0.05, 0.1) is 30.9 Å². The number of carbonyl (C=O) groups is 1. The lowest BCUT2D eigenvalue weighted by Gasteiger charge is -2.48. The van der Waals surface area contributed by atoms with Crippen LogP contribution in [0.2, 0.25) is 0 Å². The monoisotopic (exact) mass is 654 g/mol. The van der Waals surface area contributed by atoms with Crippen molar-refractivity contribution in [3.05, 3.63) is 0 Å². The fraction of sp³-hybridized carbons (Fsp3) is 0.947. The van der Waals surface area contributed by atoms with Crippen LogP contribution in [0, 0.1) is 0 Å². The predicted molar refractivity (Wildman–Crippen MR) is 146 cm³/mol. The summed E-state index contributed by atoms with van der Waals surface area (Å²) >= 11 is 0. The van der Waals surface area contributed by atoms with E-state index in [9.17, 15) is 30.3 Å². The molecule has 236 valence electrons. The summed E-state index contributed by atoms with van der Waals surface area (Å²) in [7, 11) is 0. The van der Waals surface area contributed by atoms with Gasteiger partial charge in [-0.05, 0) is 6.42 Å². The van der Waals surface area contributed by atoms with Gasteiger partial charge >= 0.3 is 6.03 Å². The predicted octanol–water partition coefficient (Wildman–Crippen LogP) is -4.90. The van der Waals surface area contributed by atoms with E-state index >= 15 is 0 Å². The second kappa shape index (κ2) is 17.8. The zero-order valence-electron chi connectivity index (χ0n) is 20.7. The van der Waals surface area contributed by atoms with Crippen LogP contribution in [-0.2, 0) is 18.9 Å². The zero-order chi connectivity index (χ0) is 26.0. The minimum absolute atomic E-state index is 0. The van der Waals surface area contributed by atoms with Crippen molar-refractivity contribution < 1.29 is 49.3 Å².